The molecule has 5 nitrogen and oxygen atoms in total. The van der Waals surface area contributed by atoms with Gasteiger partial charge in [-0.2, -0.15) is 0 Å². The number of nitrogens with two attached hydrogens (primary N) is 1. The van der Waals surface area contributed by atoms with E-state index in [9.17, 15) is 4.79 Å². The second-order valence-electron chi connectivity index (χ2n) is 3.21. The zero-order valence-corrected chi connectivity index (χ0v) is 7.95. The lowest BCUT2D eigenvalue weighted by atomic mass is 10.2. The number of nitrogens with one attached hydrogen (secondary N) is 1. The quantitative estimate of drug-likeness (QED) is 0.591. The average molecular weight is 187 g/mol. The van der Waals surface area contributed by atoms with Crippen LogP contribution in [-0.4, -0.2) is 43.8 Å². The topological polar surface area (TPSA) is 67.6 Å². The summed E-state index contributed by atoms with van der Waals surface area (Å²) in [7, 11) is 0. The third-order valence-corrected chi connectivity index (χ3v) is 2.08. The summed E-state index contributed by atoms with van der Waals surface area (Å²) in [4.78, 5) is 11.4. The molecule has 5 heteroatoms. The van der Waals surface area contributed by atoms with Gasteiger partial charge in [-0.1, -0.05) is 6.92 Å². The van der Waals surface area contributed by atoms with Crippen LogP contribution in [0.25, 0.3) is 0 Å². The number of carbonyl (C=O) groups is 1. The summed E-state index contributed by atoms with van der Waals surface area (Å²) in [6.07, 6.45) is 0. The van der Waals surface area contributed by atoms with Crippen LogP contribution in [0.3, 0.4) is 0 Å². The number of carbonyl (C=O) groups excluding carboxylic acids is 1. The van der Waals surface area contributed by atoms with Gasteiger partial charge in [-0.25, -0.2) is 5.01 Å². The molecule has 1 saturated heterocycles. The molecule has 13 heavy (non-hydrogen) atoms. The molecule has 0 bridgehead atoms. The molecule has 0 saturated carbocycles. The maximum atomic E-state index is 11.4. The van der Waals surface area contributed by atoms with Gasteiger partial charge in [-0.3, -0.25) is 10.2 Å². The van der Waals surface area contributed by atoms with Crippen LogP contribution in [0, 0.1) is 5.92 Å². The largest absolute Gasteiger partial charge is 0.379 e. The van der Waals surface area contributed by atoms with E-state index in [1.807, 2.05) is 11.9 Å². The summed E-state index contributed by atoms with van der Waals surface area (Å²) in [5, 5.41) is 1.87. The summed E-state index contributed by atoms with van der Waals surface area (Å²) < 4.78 is 5.15. The van der Waals surface area contributed by atoms with Gasteiger partial charge in [-0.15, -0.1) is 0 Å². The first-order valence-electron chi connectivity index (χ1n) is 4.57. The van der Waals surface area contributed by atoms with E-state index in [1.54, 1.807) is 0 Å². The van der Waals surface area contributed by atoms with Crippen LogP contribution >= 0.6 is 0 Å². The van der Waals surface area contributed by atoms with Crippen molar-refractivity contribution in [1.29, 1.82) is 0 Å². The molecule has 1 aliphatic rings. The molecule has 1 heterocycles. The van der Waals surface area contributed by atoms with Gasteiger partial charge < -0.3 is 10.5 Å². The summed E-state index contributed by atoms with van der Waals surface area (Å²) in [6.45, 7) is 5.06. The number of rotatable bonds is 3. The lowest BCUT2D eigenvalue weighted by molar-refractivity contribution is -0.131. The molecule has 0 spiro atoms. The zero-order valence-electron chi connectivity index (χ0n) is 7.95. The molecule has 1 unspecified atom stereocenters. The van der Waals surface area contributed by atoms with E-state index in [0.717, 1.165) is 13.1 Å². The molecule has 1 fully saturated rings. The minimum absolute atomic E-state index is 0.00981. The first kappa shape index (κ1) is 10.4. The molecule has 76 valence electrons. The first-order chi connectivity index (χ1) is 6.24. The highest BCUT2D eigenvalue weighted by Crippen LogP contribution is 1.96. The van der Waals surface area contributed by atoms with Crippen LogP contribution < -0.4 is 11.2 Å². The Kier molecular flexibility index (Phi) is 4.14. The summed E-state index contributed by atoms with van der Waals surface area (Å²) in [5.41, 5.74) is 8.18. The van der Waals surface area contributed by atoms with Crippen molar-refractivity contribution >= 4 is 5.91 Å². The molecule has 1 atom stereocenters. The Bertz CT molecular complexity index is 169. The molecule has 0 aromatic carbocycles. The predicted octanol–water partition coefficient (Wildman–Crippen LogP) is -1.06. The van der Waals surface area contributed by atoms with Crippen molar-refractivity contribution < 1.29 is 9.53 Å². The number of morpholine rings is 1. The van der Waals surface area contributed by atoms with E-state index in [-0.39, 0.29) is 11.8 Å². The molecule has 1 aliphatic heterocycles. The fourth-order valence-corrected chi connectivity index (χ4v) is 1.05. The normalized spacial score (nSPS) is 21.1. The average Bonchev–Trinajstić information content (AvgIpc) is 2.18. The van der Waals surface area contributed by atoms with E-state index in [1.165, 1.54) is 0 Å². The van der Waals surface area contributed by atoms with Gasteiger partial charge in [0.1, 0.15) is 0 Å². The zero-order chi connectivity index (χ0) is 9.68. The molecule has 0 aromatic rings. The number of hydrogen-bond donors (Lipinski definition) is 2. The van der Waals surface area contributed by atoms with E-state index in [0.29, 0.717) is 19.8 Å². The summed E-state index contributed by atoms with van der Waals surface area (Å²) >= 11 is 0. The SMILES string of the molecule is CC(CN)C(=O)NN1CCOCC1. The second kappa shape index (κ2) is 5.16. The van der Waals surface area contributed by atoms with Crippen molar-refractivity contribution in [3.8, 4) is 0 Å². The highest BCUT2D eigenvalue weighted by atomic mass is 16.5. The van der Waals surface area contributed by atoms with Gasteiger partial charge in [0, 0.05) is 25.6 Å². The monoisotopic (exact) mass is 187 g/mol. The molecule has 0 aliphatic carbocycles. The Balaban J connectivity index is 2.26. The number of ether oxygens (including phenoxy) is 1. The minimum atomic E-state index is -0.122. The highest BCUT2D eigenvalue weighted by Gasteiger charge is 2.16. The Morgan fingerprint density at radius 3 is 2.77 bits per heavy atom. The standard InChI is InChI=1S/C8H17N3O2/c1-7(6-9)8(12)10-11-2-4-13-5-3-11/h7H,2-6,9H2,1H3,(H,10,12). The molecule has 0 radical (unpaired) electrons. The van der Waals surface area contributed by atoms with Crippen molar-refractivity contribution in [3.05, 3.63) is 0 Å². The summed E-state index contributed by atoms with van der Waals surface area (Å²) in [6, 6.07) is 0. The van der Waals surface area contributed by atoms with Gasteiger partial charge in [0.15, 0.2) is 0 Å². The molecule has 1 amide bonds. The van der Waals surface area contributed by atoms with Crippen molar-refractivity contribution in [3.63, 3.8) is 0 Å². The summed E-state index contributed by atoms with van der Waals surface area (Å²) in [5.74, 6) is -0.132. The van der Waals surface area contributed by atoms with E-state index >= 15 is 0 Å². The molecular weight excluding hydrogens is 170 g/mol. The Morgan fingerprint density at radius 1 is 1.62 bits per heavy atom. The fourth-order valence-electron chi connectivity index (χ4n) is 1.05. The number of hydrogen-bond acceptors (Lipinski definition) is 4. The van der Waals surface area contributed by atoms with Gasteiger partial charge in [0.05, 0.1) is 13.2 Å². The molecular formula is C8H17N3O2. The molecule has 0 aromatic heterocycles. The van der Waals surface area contributed by atoms with Gasteiger partial charge in [-0.05, 0) is 0 Å². The van der Waals surface area contributed by atoms with Crippen LogP contribution in [0.5, 0.6) is 0 Å². The molecule has 3 N–H and O–H groups in total. The second-order valence-corrected chi connectivity index (χ2v) is 3.21. The van der Waals surface area contributed by atoms with E-state index < -0.39 is 0 Å². The maximum Gasteiger partial charge on any atom is 0.238 e. The molecule has 1 rings (SSSR count). The van der Waals surface area contributed by atoms with E-state index in [4.69, 9.17) is 10.5 Å². The van der Waals surface area contributed by atoms with Crippen LogP contribution in [-0.2, 0) is 9.53 Å². The van der Waals surface area contributed by atoms with Gasteiger partial charge in [0.25, 0.3) is 0 Å². The fraction of sp³-hybridized carbons (Fsp3) is 0.875. The predicted molar refractivity (Wildman–Crippen MR) is 48.8 cm³/mol. The van der Waals surface area contributed by atoms with Crippen molar-refractivity contribution in [1.82, 2.24) is 10.4 Å². The van der Waals surface area contributed by atoms with Crippen LogP contribution in [0.1, 0.15) is 6.92 Å². The Hall–Kier alpha value is -0.650. The highest BCUT2D eigenvalue weighted by molar-refractivity contribution is 5.77. The third kappa shape index (κ3) is 3.30. The van der Waals surface area contributed by atoms with Gasteiger partial charge in [0.2, 0.25) is 5.91 Å². The minimum Gasteiger partial charge on any atom is -0.379 e. The Morgan fingerprint density at radius 2 is 2.23 bits per heavy atom. The van der Waals surface area contributed by atoms with Crippen molar-refractivity contribution in [2.75, 3.05) is 32.8 Å². The number of nitrogens with zero attached hydrogens (tertiary/aromatic N) is 1. The smallest absolute Gasteiger partial charge is 0.238 e. The third-order valence-electron chi connectivity index (χ3n) is 2.08. The van der Waals surface area contributed by atoms with Crippen molar-refractivity contribution in [2.45, 2.75) is 6.92 Å². The Labute approximate surface area is 78.2 Å². The van der Waals surface area contributed by atoms with Crippen LogP contribution in [0.15, 0.2) is 0 Å². The first-order valence-corrected chi connectivity index (χ1v) is 4.57. The van der Waals surface area contributed by atoms with Gasteiger partial charge >= 0.3 is 0 Å². The number of amides is 1. The van der Waals surface area contributed by atoms with Crippen LogP contribution in [0.4, 0.5) is 0 Å². The maximum absolute atomic E-state index is 11.4. The van der Waals surface area contributed by atoms with E-state index in [2.05, 4.69) is 5.43 Å². The lowest BCUT2D eigenvalue weighted by Crippen LogP contribution is -2.50. The van der Waals surface area contributed by atoms with Crippen LogP contribution in [0.2, 0.25) is 0 Å². The van der Waals surface area contributed by atoms with Crippen molar-refractivity contribution in [2.24, 2.45) is 11.7 Å². The lowest BCUT2D eigenvalue weighted by Gasteiger charge is -2.27. The number of hydrazine groups is 1.